The third-order valence-electron chi connectivity index (χ3n) is 5.58. The standard InChI is InChI=1S/C24H52O4Si/c1-3-5-7-9-11-13-15-17-19-21-23-27-29(25,26)28-24-22-20-18-16-14-12-10-8-6-4-2/h25-26H,3-24H2,1-2H3. The van der Waals surface area contributed by atoms with Crippen molar-refractivity contribution in [2.24, 2.45) is 0 Å². The van der Waals surface area contributed by atoms with Crippen LogP contribution in [0, 0.1) is 0 Å². The SMILES string of the molecule is CCCCCCCCCCCCO[Si](O)(O)OCCCCCCCCCCCC. The summed E-state index contributed by atoms with van der Waals surface area (Å²) < 4.78 is 10.4. The number of rotatable bonds is 24. The van der Waals surface area contributed by atoms with Gasteiger partial charge in [0, 0.05) is 13.2 Å². The van der Waals surface area contributed by atoms with E-state index in [0.717, 1.165) is 25.7 Å². The van der Waals surface area contributed by atoms with E-state index in [1.807, 2.05) is 0 Å². The molecule has 0 aliphatic rings. The van der Waals surface area contributed by atoms with Crippen LogP contribution >= 0.6 is 0 Å². The molecular formula is C24H52O4Si. The maximum Gasteiger partial charge on any atom is 0.674 e. The summed E-state index contributed by atoms with van der Waals surface area (Å²) in [4.78, 5) is 19.7. The molecule has 4 nitrogen and oxygen atoms in total. The van der Waals surface area contributed by atoms with Crippen molar-refractivity contribution in [1.82, 2.24) is 0 Å². The van der Waals surface area contributed by atoms with Crippen molar-refractivity contribution < 1.29 is 18.4 Å². The van der Waals surface area contributed by atoms with E-state index in [1.165, 1.54) is 103 Å². The number of hydrogen-bond acceptors (Lipinski definition) is 4. The van der Waals surface area contributed by atoms with Crippen LogP contribution in [0.3, 0.4) is 0 Å². The van der Waals surface area contributed by atoms with Crippen molar-refractivity contribution in [2.75, 3.05) is 13.2 Å². The second kappa shape index (κ2) is 22.7. The number of hydrogen-bond donors (Lipinski definition) is 2. The third kappa shape index (κ3) is 24.2. The molecule has 0 heterocycles. The van der Waals surface area contributed by atoms with Crippen molar-refractivity contribution in [3.05, 3.63) is 0 Å². The highest BCUT2D eigenvalue weighted by Crippen LogP contribution is 2.12. The van der Waals surface area contributed by atoms with E-state index >= 15 is 0 Å². The summed E-state index contributed by atoms with van der Waals surface area (Å²) in [5.41, 5.74) is 0. The minimum atomic E-state index is -3.89. The first-order valence-corrected chi connectivity index (χ1v) is 14.6. The van der Waals surface area contributed by atoms with E-state index in [2.05, 4.69) is 13.8 Å². The van der Waals surface area contributed by atoms with Gasteiger partial charge in [0.05, 0.1) is 0 Å². The first-order chi connectivity index (χ1) is 14.1. The Hall–Kier alpha value is 0.0569. The van der Waals surface area contributed by atoms with E-state index in [4.69, 9.17) is 8.85 Å². The first kappa shape index (κ1) is 29.1. The van der Waals surface area contributed by atoms with Crippen LogP contribution in [0.4, 0.5) is 0 Å². The van der Waals surface area contributed by atoms with Crippen LogP contribution in [0.15, 0.2) is 0 Å². The van der Waals surface area contributed by atoms with Crippen molar-refractivity contribution in [3.8, 4) is 0 Å². The maximum atomic E-state index is 9.85. The lowest BCUT2D eigenvalue weighted by Gasteiger charge is -2.17. The molecule has 29 heavy (non-hydrogen) atoms. The fourth-order valence-corrected chi connectivity index (χ4v) is 4.53. The van der Waals surface area contributed by atoms with E-state index in [1.54, 1.807) is 0 Å². The summed E-state index contributed by atoms with van der Waals surface area (Å²) in [5.74, 6) is 0. The molecule has 0 atom stereocenters. The topological polar surface area (TPSA) is 58.9 Å². The van der Waals surface area contributed by atoms with Gasteiger partial charge in [-0.25, -0.2) is 0 Å². The van der Waals surface area contributed by atoms with Crippen molar-refractivity contribution in [3.63, 3.8) is 0 Å². The lowest BCUT2D eigenvalue weighted by molar-refractivity contribution is 0.0219. The molecule has 0 amide bonds. The van der Waals surface area contributed by atoms with Crippen LogP contribution in [0.5, 0.6) is 0 Å². The predicted octanol–water partition coefficient (Wildman–Crippen LogP) is 7.28. The average Bonchev–Trinajstić information content (AvgIpc) is 2.70. The zero-order valence-corrected chi connectivity index (χ0v) is 20.8. The molecule has 0 bridgehead atoms. The molecule has 0 rings (SSSR count). The molecule has 2 N–H and O–H groups in total. The first-order valence-electron chi connectivity index (χ1n) is 12.8. The lowest BCUT2D eigenvalue weighted by atomic mass is 10.1. The van der Waals surface area contributed by atoms with Gasteiger partial charge < -0.3 is 18.4 Å². The zero-order chi connectivity index (χ0) is 21.5. The molecule has 0 saturated heterocycles. The summed E-state index contributed by atoms with van der Waals surface area (Å²) in [7, 11) is -3.89. The van der Waals surface area contributed by atoms with Crippen LogP contribution in [-0.2, 0) is 8.85 Å². The lowest BCUT2D eigenvalue weighted by Crippen LogP contribution is -2.43. The molecular weight excluding hydrogens is 380 g/mol. The normalized spacial score (nSPS) is 12.0. The molecule has 0 aliphatic heterocycles. The minimum Gasteiger partial charge on any atom is -0.367 e. The Morgan fingerprint density at radius 2 is 0.655 bits per heavy atom. The van der Waals surface area contributed by atoms with Gasteiger partial charge in [0.1, 0.15) is 0 Å². The predicted molar refractivity (Wildman–Crippen MR) is 126 cm³/mol. The minimum absolute atomic E-state index is 0.397. The molecule has 0 spiro atoms. The van der Waals surface area contributed by atoms with Gasteiger partial charge in [-0.1, -0.05) is 129 Å². The largest absolute Gasteiger partial charge is 0.674 e. The van der Waals surface area contributed by atoms with Gasteiger partial charge in [0.25, 0.3) is 0 Å². The Morgan fingerprint density at radius 1 is 0.414 bits per heavy atom. The maximum absolute atomic E-state index is 9.85. The van der Waals surface area contributed by atoms with E-state index < -0.39 is 9.05 Å². The van der Waals surface area contributed by atoms with Gasteiger partial charge in [-0.15, -0.1) is 0 Å². The van der Waals surface area contributed by atoms with E-state index in [9.17, 15) is 9.59 Å². The molecule has 176 valence electrons. The third-order valence-corrected chi connectivity index (χ3v) is 6.74. The molecule has 0 unspecified atom stereocenters. The van der Waals surface area contributed by atoms with Crippen LogP contribution in [0.25, 0.3) is 0 Å². The van der Waals surface area contributed by atoms with Crippen molar-refractivity contribution >= 4 is 9.05 Å². The van der Waals surface area contributed by atoms with Gasteiger partial charge in [0.2, 0.25) is 0 Å². The highest BCUT2D eigenvalue weighted by atomic mass is 28.4. The second-order valence-corrected chi connectivity index (χ2v) is 10.3. The van der Waals surface area contributed by atoms with E-state index in [0.29, 0.717) is 13.2 Å². The summed E-state index contributed by atoms with van der Waals surface area (Å²) in [6, 6.07) is 0. The second-order valence-electron chi connectivity index (χ2n) is 8.61. The average molecular weight is 433 g/mol. The summed E-state index contributed by atoms with van der Waals surface area (Å²) >= 11 is 0. The van der Waals surface area contributed by atoms with Gasteiger partial charge >= 0.3 is 9.05 Å². The Bertz CT molecular complexity index is 285. The molecule has 5 heteroatoms. The van der Waals surface area contributed by atoms with Gasteiger partial charge in [-0.3, -0.25) is 0 Å². The van der Waals surface area contributed by atoms with Crippen molar-refractivity contribution in [2.45, 2.75) is 142 Å². The Morgan fingerprint density at radius 3 is 0.931 bits per heavy atom. The highest BCUT2D eigenvalue weighted by molar-refractivity contribution is 6.50. The quantitative estimate of drug-likeness (QED) is 0.124. The molecule has 0 fully saturated rings. The monoisotopic (exact) mass is 432 g/mol. The van der Waals surface area contributed by atoms with Crippen LogP contribution in [0.2, 0.25) is 0 Å². The summed E-state index contributed by atoms with van der Waals surface area (Å²) in [6.45, 7) is 5.30. The Balaban J connectivity index is 3.30. The molecule has 0 aromatic rings. The van der Waals surface area contributed by atoms with Crippen LogP contribution < -0.4 is 0 Å². The number of unbranched alkanes of at least 4 members (excludes halogenated alkanes) is 18. The van der Waals surface area contributed by atoms with Crippen LogP contribution in [-0.4, -0.2) is 31.9 Å². The van der Waals surface area contributed by atoms with Gasteiger partial charge in [-0.05, 0) is 12.8 Å². The fourth-order valence-electron chi connectivity index (χ4n) is 3.63. The summed E-state index contributed by atoms with van der Waals surface area (Å²) in [6.07, 6.45) is 25.1. The highest BCUT2D eigenvalue weighted by Gasteiger charge is 2.35. The van der Waals surface area contributed by atoms with Gasteiger partial charge in [0.15, 0.2) is 0 Å². The fraction of sp³-hybridized carbons (Fsp3) is 1.00. The Labute approximate surface area is 183 Å². The zero-order valence-electron chi connectivity index (χ0n) is 19.8. The smallest absolute Gasteiger partial charge is 0.367 e. The molecule has 0 radical (unpaired) electrons. The van der Waals surface area contributed by atoms with Gasteiger partial charge in [-0.2, -0.15) is 0 Å². The van der Waals surface area contributed by atoms with E-state index in [-0.39, 0.29) is 0 Å². The molecule has 0 aromatic heterocycles. The van der Waals surface area contributed by atoms with Crippen LogP contribution in [0.1, 0.15) is 142 Å². The van der Waals surface area contributed by atoms with Crippen molar-refractivity contribution in [1.29, 1.82) is 0 Å². The molecule has 0 aliphatic carbocycles. The molecule has 0 saturated carbocycles. The Kier molecular flexibility index (Phi) is 22.8. The summed E-state index contributed by atoms with van der Waals surface area (Å²) in [5, 5.41) is 0. The molecule has 0 aromatic carbocycles.